The molecule has 2 aliphatic heterocycles. The number of carbonyl (C=O) groups excluding carboxylic acids is 4. The number of hydrogen-bond donors (Lipinski definition) is 1. The Morgan fingerprint density at radius 2 is 1.49 bits per heavy atom. The van der Waals surface area contributed by atoms with E-state index in [-0.39, 0.29) is 52.0 Å². The standard InChI is InChI=1S/C41H34ClN5O10/c1-43(2)36-29(46(53)54)18-24(19-30(36)47(55)56)44-37(49)26-16-15-25-27(33(26)39(44)51)20-28-38(50)45(23-12-7-11-22(42)17-23)40(52)41(28,21-9-5-4-6-10-21)35(25)34-31(48)13-8-14-32(34)57-3/h4-15,17-19,26-28,33,35,48H,16,20H2,1-3H3. The molecule has 8 rings (SSSR count). The molecule has 4 aromatic rings. The Morgan fingerprint density at radius 1 is 0.825 bits per heavy atom. The number of rotatable bonds is 8. The SMILES string of the molecule is COc1cccc(O)c1C1C2=CCC3C(=O)N(c4cc([N+](=O)[O-])c(N(C)C)c([N+](=O)[O-])c4)C(=O)C3C2CC2C(=O)N(c3cccc(Cl)c3)C(=O)C21c1ccccc1. The monoisotopic (exact) mass is 791 g/mol. The van der Waals surface area contributed by atoms with E-state index in [2.05, 4.69) is 0 Å². The summed E-state index contributed by atoms with van der Waals surface area (Å²) in [4.78, 5) is 85.5. The fraction of sp³-hybridized carbons (Fsp3) is 0.268. The zero-order valence-electron chi connectivity index (χ0n) is 30.7. The van der Waals surface area contributed by atoms with E-state index < -0.39 is 79.9 Å². The van der Waals surface area contributed by atoms with Crippen LogP contribution in [0.15, 0.2) is 96.6 Å². The van der Waals surface area contributed by atoms with Crippen molar-refractivity contribution >= 4 is 63.7 Å². The number of halogens is 1. The first-order valence-corrected chi connectivity index (χ1v) is 18.4. The third-order valence-corrected chi connectivity index (χ3v) is 12.1. The summed E-state index contributed by atoms with van der Waals surface area (Å²) in [6.07, 6.45) is 1.68. The number of hydrogen-bond acceptors (Lipinski definition) is 11. The second-order valence-corrected chi connectivity index (χ2v) is 15.2. The van der Waals surface area contributed by atoms with Crippen molar-refractivity contribution in [3.8, 4) is 11.5 Å². The maximum absolute atomic E-state index is 15.5. The lowest BCUT2D eigenvalue weighted by Gasteiger charge is -2.51. The van der Waals surface area contributed by atoms with Crippen LogP contribution in [-0.4, -0.2) is 59.8 Å². The van der Waals surface area contributed by atoms with Crippen molar-refractivity contribution in [2.45, 2.75) is 24.2 Å². The van der Waals surface area contributed by atoms with Crippen LogP contribution in [0.4, 0.5) is 28.4 Å². The molecule has 0 bridgehead atoms. The van der Waals surface area contributed by atoms with Crippen LogP contribution < -0.4 is 19.4 Å². The molecular weight excluding hydrogens is 758 g/mol. The van der Waals surface area contributed by atoms with Gasteiger partial charge in [0.05, 0.1) is 51.5 Å². The molecule has 3 fully saturated rings. The first-order valence-electron chi connectivity index (χ1n) is 18.0. The average molecular weight is 792 g/mol. The summed E-state index contributed by atoms with van der Waals surface area (Å²) in [5, 5.41) is 36.5. The third-order valence-electron chi connectivity index (χ3n) is 11.9. The topological polar surface area (TPSA) is 194 Å². The number of imide groups is 2. The van der Waals surface area contributed by atoms with Crippen LogP contribution in [0.2, 0.25) is 5.02 Å². The number of anilines is 3. The molecule has 0 aromatic heterocycles. The Balaban J connectivity index is 1.35. The molecule has 57 heavy (non-hydrogen) atoms. The van der Waals surface area contributed by atoms with Gasteiger partial charge in [0, 0.05) is 42.7 Å². The number of allylic oxidation sites excluding steroid dienone is 2. The van der Waals surface area contributed by atoms with Crippen LogP contribution in [0.3, 0.4) is 0 Å². The van der Waals surface area contributed by atoms with E-state index in [0.29, 0.717) is 11.1 Å². The number of amides is 4. The van der Waals surface area contributed by atoms with Gasteiger partial charge in [-0.1, -0.05) is 65.7 Å². The third kappa shape index (κ3) is 5.32. The van der Waals surface area contributed by atoms with Crippen LogP contribution in [0, 0.1) is 43.9 Å². The summed E-state index contributed by atoms with van der Waals surface area (Å²) in [5.41, 5.74) is -2.27. The molecule has 1 saturated carbocycles. The van der Waals surface area contributed by atoms with Gasteiger partial charge >= 0.3 is 11.4 Å². The second kappa shape index (κ2) is 13.5. The number of phenolic OH excluding ortho intramolecular Hbond substituents is 1. The number of nitro groups is 2. The van der Waals surface area contributed by atoms with Crippen molar-refractivity contribution < 1.29 is 38.9 Å². The Hall–Kier alpha value is -6.61. The number of methoxy groups -OCH3 is 1. The van der Waals surface area contributed by atoms with Crippen LogP contribution in [0.5, 0.6) is 11.5 Å². The molecule has 16 heteroatoms. The van der Waals surface area contributed by atoms with Crippen molar-refractivity contribution in [1.29, 1.82) is 0 Å². The average Bonchev–Trinajstić information content (AvgIpc) is 3.58. The van der Waals surface area contributed by atoms with Gasteiger partial charge in [-0.2, -0.15) is 0 Å². The molecule has 6 unspecified atom stereocenters. The molecule has 6 atom stereocenters. The normalized spacial score (nSPS) is 25.1. The van der Waals surface area contributed by atoms with Gasteiger partial charge in [0.1, 0.15) is 11.5 Å². The lowest BCUT2D eigenvalue weighted by Crippen LogP contribution is -2.53. The number of nitrogens with zero attached hydrogens (tertiary/aromatic N) is 5. The lowest BCUT2D eigenvalue weighted by molar-refractivity contribution is -0.392. The van der Waals surface area contributed by atoms with Gasteiger partial charge in [-0.3, -0.25) is 39.4 Å². The highest BCUT2D eigenvalue weighted by Crippen LogP contribution is 2.66. The Bertz CT molecular complexity index is 2440. The maximum Gasteiger partial charge on any atom is 0.301 e. The molecule has 1 N–H and O–H groups in total. The van der Waals surface area contributed by atoms with E-state index in [1.165, 1.54) is 38.2 Å². The summed E-state index contributed by atoms with van der Waals surface area (Å²) in [5.74, 6) is -7.93. The van der Waals surface area contributed by atoms with Crippen LogP contribution in [0.25, 0.3) is 0 Å². The van der Waals surface area contributed by atoms with E-state index in [4.69, 9.17) is 16.3 Å². The predicted octanol–water partition coefficient (Wildman–Crippen LogP) is 6.30. The minimum atomic E-state index is -1.70. The van der Waals surface area contributed by atoms with Gasteiger partial charge in [-0.05, 0) is 54.7 Å². The van der Waals surface area contributed by atoms with Gasteiger partial charge in [0.25, 0.3) is 0 Å². The van der Waals surface area contributed by atoms with Gasteiger partial charge in [0.2, 0.25) is 23.6 Å². The number of ether oxygens (including phenoxy) is 1. The molecule has 15 nitrogen and oxygen atoms in total. The molecule has 0 radical (unpaired) electrons. The summed E-state index contributed by atoms with van der Waals surface area (Å²) in [6.45, 7) is 0. The molecule has 2 aliphatic carbocycles. The smallest absolute Gasteiger partial charge is 0.301 e. The fourth-order valence-corrected chi connectivity index (χ4v) is 9.95. The molecular formula is C41H34ClN5O10. The zero-order valence-corrected chi connectivity index (χ0v) is 31.5. The quantitative estimate of drug-likeness (QED) is 0.0911. The minimum absolute atomic E-state index is 0.0143. The molecule has 4 aliphatic rings. The second-order valence-electron chi connectivity index (χ2n) is 14.7. The van der Waals surface area contributed by atoms with Crippen molar-refractivity contribution in [1.82, 2.24) is 0 Å². The fourth-order valence-electron chi connectivity index (χ4n) is 9.77. The molecule has 2 saturated heterocycles. The van der Waals surface area contributed by atoms with Gasteiger partial charge in [-0.15, -0.1) is 0 Å². The first kappa shape index (κ1) is 37.3. The zero-order chi connectivity index (χ0) is 40.7. The maximum atomic E-state index is 15.5. The minimum Gasteiger partial charge on any atom is -0.508 e. The van der Waals surface area contributed by atoms with E-state index >= 15 is 4.79 Å². The van der Waals surface area contributed by atoms with Crippen LogP contribution in [0.1, 0.15) is 29.9 Å². The largest absolute Gasteiger partial charge is 0.508 e. The van der Waals surface area contributed by atoms with Crippen molar-refractivity contribution in [2.24, 2.45) is 23.7 Å². The van der Waals surface area contributed by atoms with Crippen molar-refractivity contribution in [3.05, 3.63) is 133 Å². The van der Waals surface area contributed by atoms with Crippen molar-refractivity contribution in [2.75, 3.05) is 35.9 Å². The van der Waals surface area contributed by atoms with Gasteiger partial charge in [0.15, 0.2) is 5.69 Å². The highest BCUT2D eigenvalue weighted by Gasteiger charge is 2.71. The highest BCUT2D eigenvalue weighted by molar-refractivity contribution is 6.32. The molecule has 4 aromatic carbocycles. The highest BCUT2D eigenvalue weighted by atomic mass is 35.5. The first-order chi connectivity index (χ1) is 27.2. The number of benzene rings is 4. The summed E-state index contributed by atoms with van der Waals surface area (Å²) >= 11 is 6.38. The lowest BCUT2D eigenvalue weighted by atomic mass is 9.49. The van der Waals surface area contributed by atoms with E-state index in [9.17, 15) is 39.7 Å². The molecule has 290 valence electrons. The Morgan fingerprint density at radius 3 is 2.11 bits per heavy atom. The predicted molar refractivity (Wildman–Crippen MR) is 207 cm³/mol. The van der Waals surface area contributed by atoms with Crippen molar-refractivity contribution in [3.63, 3.8) is 0 Å². The van der Waals surface area contributed by atoms with Crippen LogP contribution >= 0.6 is 11.6 Å². The summed E-state index contributed by atoms with van der Waals surface area (Å²) in [6, 6.07) is 21.7. The molecule has 0 spiro atoms. The molecule has 2 heterocycles. The summed E-state index contributed by atoms with van der Waals surface area (Å²) in [7, 11) is 4.22. The van der Waals surface area contributed by atoms with Crippen LogP contribution in [-0.2, 0) is 24.6 Å². The Kier molecular flexibility index (Phi) is 8.87. The number of phenols is 1. The van der Waals surface area contributed by atoms with E-state index in [1.54, 1.807) is 66.7 Å². The summed E-state index contributed by atoms with van der Waals surface area (Å²) < 4.78 is 5.81. The van der Waals surface area contributed by atoms with E-state index in [1.807, 2.05) is 0 Å². The van der Waals surface area contributed by atoms with Gasteiger partial charge in [-0.25, -0.2) is 9.80 Å². The number of fused-ring (bicyclic) bond motifs is 4. The number of carbonyl (C=O) groups is 4. The van der Waals surface area contributed by atoms with Gasteiger partial charge < -0.3 is 14.7 Å². The Labute approximate surface area is 330 Å². The molecule has 4 amide bonds. The van der Waals surface area contributed by atoms with E-state index in [0.717, 1.165) is 21.9 Å². The number of nitro benzene ring substituents is 2. The number of aromatic hydroxyl groups is 1.